The molecule has 1 aromatic heterocycles. The van der Waals surface area contributed by atoms with Crippen molar-refractivity contribution in [3.05, 3.63) is 22.8 Å². The first kappa shape index (κ1) is 16.0. The topological polar surface area (TPSA) is 48.5 Å². The second-order valence-electron chi connectivity index (χ2n) is 5.64. The van der Waals surface area contributed by atoms with Crippen molar-refractivity contribution in [2.75, 3.05) is 39.0 Å². The number of likely N-dealkylation sites (N-methyl/N-ethyl adjacent to an activating group) is 1. The van der Waals surface area contributed by atoms with E-state index in [0.717, 1.165) is 32.5 Å². The highest BCUT2D eigenvalue weighted by atomic mass is 35.5. The second kappa shape index (κ2) is 7.09. The Morgan fingerprint density at radius 2 is 2.33 bits per heavy atom. The molecule has 1 atom stereocenters. The van der Waals surface area contributed by atoms with Crippen LogP contribution in [0.25, 0.3) is 0 Å². The third-order valence-corrected chi connectivity index (χ3v) is 3.96. The first-order valence-electron chi connectivity index (χ1n) is 7.38. The largest absolute Gasteiger partial charge is 0.370 e. The van der Waals surface area contributed by atoms with Gasteiger partial charge >= 0.3 is 0 Å². The first-order chi connectivity index (χ1) is 10.0. The molecule has 1 unspecified atom stereocenters. The number of amides is 1. The van der Waals surface area contributed by atoms with E-state index in [2.05, 4.69) is 15.2 Å². The van der Waals surface area contributed by atoms with Crippen LogP contribution in [-0.2, 0) is 0 Å². The molecule has 0 saturated carbocycles. The Bertz CT molecular complexity index is 506. The van der Waals surface area contributed by atoms with Gasteiger partial charge in [-0.1, -0.05) is 11.6 Å². The number of likely N-dealkylation sites (tertiary alicyclic amines) is 1. The molecule has 0 spiro atoms. The Morgan fingerprint density at radius 3 is 3.00 bits per heavy atom. The molecule has 2 rings (SSSR count). The van der Waals surface area contributed by atoms with Gasteiger partial charge in [-0.25, -0.2) is 4.98 Å². The quantitative estimate of drug-likeness (QED) is 0.907. The SMILES string of the molecule is CCNc1cc(C(=O)N2CCCC2CN(C)C)c(Cl)cn1. The fraction of sp³-hybridized carbons (Fsp3) is 0.600. The molecule has 1 aromatic rings. The van der Waals surface area contributed by atoms with Gasteiger partial charge in [0.15, 0.2) is 0 Å². The summed E-state index contributed by atoms with van der Waals surface area (Å²) in [6.45, 7) is 4.43. The molecule has 1 N–H and O–H groups in total. The summed E-state index contributed by atoms with van der Waals surface area (Å²) in [7, 11) is 4.06. The van der Waals surface area contributed by atoms with Crippen LogP contribution in [0.3, 0.4) is 0 Å². The van der Waals surface area contributed by atoms with Crippen LogP contribution in [-0.4, -0.2) is 60.5 Å². The van der Waals surface area contributed by atoms with E-state index in [9.17, 15) is 4.79 Å². The lowest BCUT2D eigenvalue weighted by molar-refractivity contribution is 0.0716. The average Bonchev–Trinajstić information content (AvgIpc) is 2.87. The number of nitrogens with one attached hydrogen (secondary N) is 1. The molecular formula is C15H23ClN4O. The van der Waals surface area contributed by atoms with Gasteiger partial charge in [-0.15, -0.1) is 0 Å². The van der Waals surface area contributed by atoms with Crippen molar-refractivity contribution in [1.82, 2.24) is 14.8 Å². The number of nitrogens with zero attached hydrogens (tertiary/aromatic N) is 3. The van der Waals surface area contributed by atoms with E-state index >= 15 is 0 Å². The number of halogens is 1. The van der Waals surface area contributed by atoms with Gasteiger partial charge in [0.1, 0.15) is 5.82 Å². The third kappa shape index (κ3) is 3.86. The number of rotatable bonds is 5. The minimum Gasteiger partial charge on any atom is -0.370 e. The van der Waals surface area contributed by atoms with Gasteiger partial charge in [-0.3, -0.25) is 4.79 Å². The lowest BCUT2D eigenvalue weighted by Gasteiger charge is -2.27. The number of anilines is 1. The van der Waals surface area contributed by atoms with Crippen LogP contribution in [0.2, 0.25) is 5.02 Å². The molecular weight excluding hydrogens is 288 g/mol. The van der Waals surface area contributed by atoms with Gasteiger partial charge in [-0.05, 0) is 39.9 Å². The molecule has 116 valence electrons. The van der Waals surface area contributed by atoms with Crippen molar-refractivity contribution in [3.8, 4) is 0 Å². The lowest BCUT2D eigenvalue weighted by atomic mass is 10.1. The van der Waals surface area contributed by atoms with Crippen LogP contribution in [0, 0.1) is 0 Å². The van der Waals surface area contributed by atoms with Crippen molar-refractivity contribution < 1.29 is 4.79 Å². The summed E-state index contributed by atoms with van der Waals surface area (Å²) in [5.41, 5.74) is 0.535. The standard InChI is InChI=1S/C15H23ClN4O/c1-4-17-14-8-12(13(16)9-18-14)15(21)20-7-5-6-11(20)10-19(2)3/h8-9,11H,4-7,10H2,1-3H3,(H,17,18). The van der Waals surface area contributed by atoms with Crippen molar-refractivity contribution in [2.24, 2.45) is 0 Å². The van der Waals surface area contributed by atoms with Crippen molar-refractivity contribution in [3.63, 3.8) is 0 Å². The molecule has 1 fully saturated rings. The molecule has 1 saturated heterocycles. The summed E-state index contributed by atoms with van der Waals surface area (Å²) >= 11 is 6.17. The predicted octanol–water partition coefficient (Wildman–Crippen LogP) is 2.33. The van der Waals surface area contributed by atoms with Gasteiger partial charge in [0.25, 0.3) is 5.91 Å². The highest BCUT2D eigenvalue weighted by Crippen LogP contribution is 2.25. The van der Waals surface area contributed by atoms with Gasteiger partial charge in [-0.2, -0.15) is 0 Å². The van der Waals surface area contributed by atoms with Crippen LogP contribution in [0.1, 0.15) is 30.1 Å². The smallest absolute Gasteiger partial charge is 0.255 e. The van der Waals surface area contributed by atoms with Gasteiger partial charge in [0, 0.05) is 31.9 Å². The fourth-order valence-electron chi connectivity index (χ4n) is 2.75. The van der Waals surface area contributed by atoms with Crippen LogP contribution in [0.4, 0.5) is 5.82 Å². The normalized spacial score (nSPS) is 18.3. The first-order valence-corrected chi connectivity index (χ1v) is 7.75. The fourth-order valence-corrected chi connectivity index (χ4v) is 2.93. The van der Waals surface area contributed by atoms with Crippen molar-refractivity contribution in [2.45, 2.75) is 25.8 Å². The molecule has 6 heteroatoms. The average molecular weight is 311 g/mol. The number of aromatic nitrogens is 1. The van der Waals surface area contributed by atoms with Crippen LogP contribution >= 0.6 is 11.6 Å². The Balaban J connectivity index is 2.20. The van der Waals surface area contributed by atoms with E-state index in [1.165, 1.54) is 0 Å². The van der Waals surface area contributed by atoms with Crippen LogP contribution in [0.15, 0.2) is 12.3 Å². The maximum atomic E-state index is 12.8. The van der Waals surface area contributed by atoms with Gasteiger partial charge in [0.2, 0.25) is 0 Å². The lowest BCUT2D eigenvalue weighted by Crippen LogP contribution is -2.41. The summed E-state index contributed by atoms with van der Waals surface area (Å²) in [5.74, 6) is 0.694. The summed E-state index contributed by atoms with van der Waals surface area (Å²) in [6, 6.07) is 2.01. The van der Waals surface area contributed by atoms with Crippen LogP contribution in [0.5, 0.6) is 0 Å². The maximum Gasteiger partial charge on any atom is 0.255 e. The molecule has 0 aliphatic carbocycles. The van der Waals surface area contributed by atoms with Crippen LogP contribution < -0.4 is 5.32 Å². The molecule has 0 bridgehead atoms. The van der Waals surface area contributed by atoms with Gasteiger partial charge in [0.05, 0.1) is 10.6 Å². The summed E-state index contributed by atoms with van der Waals surface area (Å²) in [5, 5.41) is 3.53. The third-order valence-electron chi connectivity index (χ3n) is 3.66. The van der Waals surface area contributed by atoms with Crippen molar-refractivity contribution >= 4 is 23.3 Å². The number of hydrogen-bond donors (Lipinski definition) is 1. The Morgan fingerprint density at radius 1 is 1.57 bits per heavy atom. The molecule has 5 nitrogen and oxygen atoms in total. The molecule has 0 aromatic carbocycles. The Hall–Kier alpha value is -1.33. The molecule has 21 heavy (non-hydrogen) atoms. The van der Waals surface area contributed by atoms with Crippen molar-refractivity contribution in [1.29, 1.82) is 0 Å². The van der Waals surface area contributed by atoms with E-state index in [4.69, 9.17) is 11.6 Å². The van der Waals surface area contributed by atoms with E-state index < -0.39 is 0 Å². The molecule has 1 aliphatic rings. The van der Waals surface area contributed by atoms with Gasteiger partial charge < -0.3 is 15.1 Å². The maximum absolute atomic E-state index is 12.8. The zero-order chi connectivity index (χ0) is 15.4. The van der Waals surface area contributed by atoms with E-state index in [-0.39, 0.29) is 11.9 Å². The Labute approximate surface area is 131 Å². The predicted molar refractivity (Wildman–Crippen MR) is 86.0 cm³/mol. The zero-order valence-electron chi connectivity index (χ0n) is 12.9. The number of carbonyl (C=O) groups is 1. The highest BCUT2D eigenvalue weighted by Gasteiger charge is 2.30. The summed E-state index contributed by atoms with van der Waals surface area (Å²) < 4.78 is 0. The molecule has 1 amide bonds. The number of hydrogen-bond acceptors (Lipinski definition) is 4. The zero-order valence-corrected chi connectivity index (χ0v) is 13.7. The van der Waals surface area contributed by atoms with E-state index in [1.54, 1.807) is 12.3 Å². The number of carbonyl (C=O) groups excluding carboxylic acids is 1. The summed E-state index contributed by atoms with van der Waals surface area (Å²) in [4.78, 5) is 21.0. The monoisotopic (exact) mass is 310 g/mol. The van der Waals surface area contributed by atoms with E-state index in [0.29, 0.717) is 16.4 Å². The van der Waals surface area contributed by atoms with E-state index in [1.807, 2.05) is 25.9 Å². The summed E-state index contributed by atoms with van der Waals surface area (Å²) in [6.07, 6.45) is 3.64. The minimum atomic E-state index is 0.00547. The highest BCUT2D eigenvalue weighted by molar-refractivity contribution is 6.33. The number of pyridine rings is 1. The molecule has 2 heterocycles. The minimum absolute atomic E-state index is 0.00547. The Kier molecular flexibility index (Phi) is 5.42. The molecule has 1 aliphatic heterocycles. The molecule has 0 radical (unpaired) electrons. The second-order valence-corrected chi connectivity index (χ2v) is 6.04.